The molecule has 0 aliphatic carbocycles. The summed E-state index contributed by atoms with van der Waals surface area (Å²) in [6, 6.07) is 14.0. The topological polar surface area (TPSA) is 107 Å². The summed E-state index contributed by atoms with van der Waals surface area (Å²) >= 11 is 0. The molecular weight excluding hydrogens is 400 g/mol. The molecular formula is C22H22N4O5. The first-order valence-corrected chi connectivity index (χ1v) is 9.89. The van der Waals surface area contributed by atoms with E-state index in [2.05, 4.69) is 15.5 Å². The van der Waals surface area contributed by atoms with E-state index in [4.69, 9.17) is 13.9 Å². The first-order chi connectivity index (χ1) is 15.1. The molecule has 31 heavy (non-hydrogen) atoms. The van der Waals surface area contributed by atoms with Crippen LogP contribution in [0, 0.1) is 0 Å². The van der Waals surface area contributed by atoms with Crippen LogP contribution in [0.5, 0.6) is 11.5 Å². The number of nitrogens with one attached hydrogen (secondary N) is 1. The molecule has 1 atom stereocenters. The van der Waals surface area contributed by atoms with Crippen LogP contribution in [-0.4, -0.2) is 42.3 Å². The number of hydrogen-bond acceptors (Lipinski definition) is 7. The van der Waals surface area contributed by atoms with E-state index < -0.39 is 0 Å². The quantitative estimate of drug-likeness (QED) is 0.623. The molecule has 0 bridgehead atoms. The summed E-state index contributed by atoms with van der Waals surface area (Å²) in [6.45, 7) is 2.92. The van der Waals surface area contributed by atoms with Crippen molar-refractivity contribution in [3.05, 3.63) is 60.0 Å². The van der Waals surface area contributed by atoms with Gasteiger partial charge in [-0.25, -0.2) is 0 Å². The van der Waals surface area contributed by atoms with Crippen LogP contribution in [0.2, 0.25) is 0 Å². The molecule has 2 heterocycles. The van der Waals surface area contributed by atoms with Crippen molar-refractivity contribution in [3.63, 3.8) is 0 Å². The van der Waals surface area contributed by atoms with Gasteiger partial charge < -0.3 is 18.8 Å². The van der Waals surface area contributed by atoms with Crippen molar-refractivity contribution >= 4 is 23.5 Å². The molecule has 1 fully saturated rings. The molecule has 0 spiro atoms. The molecule has 0 saturated carbocycles. The molecule has 1 aromatic heterocycles. The van der Waals surface area contributed by atoms with E-state index in [0.29, 0.717) is 30.4 Å². The highest BCUT2D eigenvalue weighted by molar-refractivity contribution is 6.03. The van der Waals surface area contributed by atoms with E-state index in [1.165, 1.54) is 0 Å². The first-order valence-electron chi connectivity index (χ1n) is 9.89. The van der Waals surface area contributed by atoms with Crippen molar-refractivity contribution in [2.45, 2.75) is 19.3 Å². The number of aromatic nitrogens is 2. The molecule has 4 rings (SSSR count). The number of carbonyl (C=O) groups excluding carboxylic acids is 2. The van der Waals surface area contributed by atoms with Crippen molar-refractivity contribution < 1.29 is 23.5 Å². The fraction of sp³-hybridized carbons (Fsp3) is 0.273. The van der Waals surface area contributed by atoms with E-state index in [1.54, 1.807) is 36.3 Å². The van der Waals surface area contributed by atoms with Gasteiger partial charge in [-0.2, -0.15) is 0 Å². The number of nitrogens with zero attached hydrogens (tertiary/aromatic N) is 3. The van der Waals surface area contributed by atoms with Crippen LogP contribution in [0.3, 0.4) is 0 Å². The molecule has 160 valence electrons. The Balaban J connectivity index is 1.40. The second kappa shape index (κ2) is 8.86. The molecule has 3 aromatic rings. The number of rotatable bonds is 7. The van der Waals surface area contributed by atoms with E-state index in [9.17, 15) is 9.59 Å². The number of benzene rings is 2. The Labute approximate surface area is 179 Å². The van der Waals surface area contributed by atoms with Crippen LogP contribution in [0.15, 0.2) is 52.9 Å². The Bertz CT molecular complexity index is 1060. The third-order valence-corrected chi connectivity index (χ3v) is 4.95. The Morgan fingerprint density at radius 3 is 2.52 bits per heavy atom. The summed E-state index contributed by atoms with van der Waals surface area (Å²) < 4.78 is 16.1. The standard InChI is InChI=1S/C22H22N4O5/c1-3-30-18-10-6-16(7-11-18)26-13-15(12-19(26)27)21-24-25-22(31-21)23-20(28)14-4-8-17(29-2)9-5-14/h4-11,15H,3,12-13H2,1-2H3,(H,23,25,28)/t15-/m0/s1. The van der Waals surface area contributed by atoms with E-state index in [1.807, 2.05) is 31.2 Å². The number of hydrogen-bond donors (Lipinski definition) is 1. The van der Waals surface area contributed by atoms with Gasteiger partial charge in [-0.05, 0) is 55.5 Å². The van der Waals surface area contributed by atoms with E-state index >= 15 is 0 Å². The van der Waals surface area contributed by atoms with Crippen LogP contribution in [0.1, 0.15) is 35.5 Å². The molecule has 9 heteroatoms. The van der Waals surface area contributed by atoms with Crippen molar-refractivity contribution in [1.29, 1.82) is 0 Å². The predicted octanol–water partition coefficient (Wildman–Crippen LogP) is 3.25. The lowest BCUT2D eigenvalue weighted by atomic mass is 10.1. The zero-order valence-electron chi connectivity index (χ0n) is 17.2. The van der Waals surface area contributed by atoms with Gasteiger partial charge in [0, 0.05) is 24.2 Å². The van der Waals surface area contributed by atoms with Gasteiger partial charge >= 0.3 is 6.01 Å². The Hall–Kier alpha value is -3.88. The summed E-state index contributed by atoms with van der Waals surface area (Å²) in [5.74, 6) is 1.06. The van der Waals surface area contributed by atoms with Crippen LogP contribution in [-0.2, 0) is 4.79 Å². The smallest absolute Gasteiger partial charge is 0.322 e. The number of carbonyl (C=O) groups is 2. The minimum absolute atomic E-state index is 0.0113. The molecule has 0 radical (unpaired) electrons. The van der Waals surface area contributed by atoms with Gasteiger partial charge in [0.25, 0.3) is 5.91 Å². The molecule has 1 aliphatic heterocycles. The van der Waals surface area contributed by atoms with Crippen molar-refractivity contribution in [3.8, 4) is 11.5 Å². The molecule has 2 amide bonds. The normalized spacial score (nSPS) is 15.7. The predicted molar refractivity (Wildman–Crippen MR) is 113 cm³/mol. The van der Waals surface area contributed by atoms with Gasteiger partial charge in [0.05, 0.1) is 19.6 Å². The third kappa shape index (κ3) is 4.50. The molecule has 1 N–H and O–H groups in total. The van der Waals surface area contributed by atoms with E-state index in [-0.39, 0.29) is 30.2 Å². The summed E-state index contributed by atoms with van der Waals surface area (Å²) in [5, 5.41) is 10.5. The van der Waals surface area contributed by atoms with Crippen molar-refractivity contribution in [1.82, 2.24) is 10.2 Å². The second-order valence-corrected chi connectivity index (χ2v) is 6.96. The third-order valence-electron chi connectivity index (χ3n) is 4.95. The van der Waals surface area contributed by atoms with Crippen LogP contribution in [0.4, 0.5) is 11.7 Å². The Morgan fingerprint density at radius 1 is 1.13 bits per heavy atom. The lowest BCUT2D eigenvalue weighted by molar-refractivity contribution is -0.117. The molecule has 9 nitrogen and oxygen atoms in total. The number of methoxy groups -OCH3 is 1. The maximum absolute atomic E-state index is 12.5. The Kier molecular flexibility index (Phi) is 5.83. The molecule has 2 aromatic carbocycles. The summed E-state index contributed by atoms with van der Waals surface area (Å²) in [5.41, 5.74) is 1.21. The van der Waals surface area contributed by atoms with Gasteiger partial charge in [-0.3, -0.25) is 14.9 Å². The van der Waals surface area contributed by atoms with Gasteiger partial charge in [-0.1, -0.05) is 5.10 Å². The maximum Gasteiger partial charge on any atom is 0.322 e. The largest absolute Gasteiger partial charge is 0.497 e. The van der Waals surface area contributed by atoms with Gasteiger partial charge in [0.15, 0.2) is 0 Å². The molecule has 0 unspecified atom stereocenters. The second-order valence-electron chi connectivity index (χ2n) is 6.96. The number of anilines is 2. The van der Waals surface area contributed by atoms with Crippen LogP contribution >= 0.6 is 0 Å². The summed E-state index contributed by atoms with van der Waals surface area (Å²) in [6.07, 6.45) is 0.251. The fourth-order valence-corrected chi connectivity index (χ4v) is 3.37. The van der Waals surface area contributed by atoms with Crippen LogP contribution in [0.25, 0.3) is 0 Å². The monoisotopic (exact) mass is 422 g/mol. The zero-order chi connectivity index (χ0) is 21.8. The average molecular weight is 422 g/mol. The number of amides is 2. The molecule has 1 aliphatic rings. The highest BCUT2D eigenvalue weighted by Gasteiger charge is 2.35. The maximum atomic E-state index is 12.5. The SMILES string of the molecule is CCOc1ccc(N2C[C@@H](c3nnc(NC(=O)c4ccc(OC)cc4)o3)CC2=O)cc1. The average Bonchev–Trinajstić information content (AvgIpc) is 3.41. The molecule has 1 saturated heterocycles. The fourth-order valence-electron chi connectivity index (χ4n) is 3.37. The summed E-state index contributed by atoms with van der Waals surface area (Å²) in [7, 11) is 1.56. The summed E-state index contributed by atoms with van der Waals surface area (Å²) in [4.78, 5) is 26.6. The highest BCUT2D eigenvalue weighted by atomic mass is 16.5. The van der Waals surface area contributed by atoms with Gasteiger partial charge in [-0.15, -0.1) is 5.10 Å². The lowest BCUT2D eigenvalue weighted by Gasteiger charge is -2.16. The van der Waals surface area contributed by atoms with Crippen molar-refractivity contribution in [2.24, 2.45) is 0 Å². The number of ether oxygens (including phenoxy) is 2. The minimum atomic E-state index is -0.378. The van der Waals surface area contributed by atoms with E-state index in [0.717, 1.165) is 11.4 Å². The van der Waals surface area contributed by atoms with Crippen LogP contribution < -0.4 is 19.7 Å². The lowest BCUT2D eigenvalue weighted by Crippen LogP contribution is -2.24. The Morgan fingerprint density at radius 2 is 1.84 bits per heavy atom. The van der Waals surface area contributed by atoms with Gasteiger partial charge in [0.2, 0.25) is 11.8 Å². The zero-order valence-corrected chi connectivity index (χ0v) is 17.2. The first kappa shape index (κ1) is 20.4. The highest BCUT2D eigenvalue weighted by Crippen LogP contribution is 2.32. The minimum Gasteiger partial charge on any atom is -0.497 e. The van der Waals surface area contributed by atoms with Crippen molar-refractivity contribution in [2.75, 3.05) is 30.5 Å². The van der Waals surface area contributed by atoms with Gasteiger partial charge in [0.1, 0.15) is 11.5 Å².